The molecule has 0 bridgehead atoms. The van der Waals surface area contributed by atoms with Crippen molar-refractivity contribution in [1.29, 1.82) is 0 Å². The van der Waals surface area contributed by atoms with Gasteiger partial charge in [-0.1, -0.05) is 25.3 Å². The maximum absolute atomic E-state index is 5.91. The van der Waals surface area contributed by atoms with Gasteiger partial charge in [-0.25, -0.2) is 4.98 Å². The highest BCUT2D eigenvalue weighted by molar-refractivity contribution is 5.56. The number of methoxy groups -OCH3 is 1. The highest BCUT2D eigenvalue weighted by Crippen LogP contribution is 2.39. The quantitative estimate of drug-likeness (QED) is 0.930. The number of pyridine rings is 1. The molecule has 23 heavy (non-hydrogen) atoms. The zero-order chi connectivity index (χ0) is 15.8. The molecular weight excluding hydrogens is 286 g/mol. The number of nitrogens with one attached hydrogen (secondary N) is 1. The molecule has 0 amide bonds. The summed E-state index contributed by atoms with van der Waals surface area (Å²) in [5.74, 6) is 1.86. The van der Waals surface area contributed by atoms with E-state index in [4.69, 9.17) is 9.72 Å². The second-order valence-corrected chi connectivity index (χ2v) is 7.55. The predicted octanol–water partition coefficient (Wildman–Crippen LogP) is 3.07. The van der Waals surface area contributed by atoms with Gasteiger partial charge in [-0.2, -0.15) is 0 Å². The van der Waals surface area contributed by atoms with Crippen molar-refractivity contribution in [2.75, 3.05) is 25.1 Å². The number of rotatable bonds is 3. The molecule has 3 atom stereocenters. The van der Waals surface area contributed by atoms with Gasteiger partial charge in [-0.3, -0.25) is 0 Å². The van der Waals surface area contributed by atoms with Crippen LogP contribution in [0.25, 0.3) is 0 Å². The minimum absolute atomic E-state index is 0.165. The molecule has 3 heterocycles. The molecule has 4 rings (SSSR count). The molecule has 126 valence electrons. The number of piperazine rings is 1. The second-order valence-electron chi connectivity index (χ2n) is 7.55. The van der Waals surface area contributed by atoms with E-state index in [9.17, 15) is 0 Å². The van der Waals surface area contributed by atoms with Gasteiger partial charge in [0.1, 0.15) is 11.9 Å². The lowest BCUT2D eigenvalue weighted by atomic mass is 9.84. The van der Waals surface area contributed by atoms with Crippen molar-refractivity contribution in [3.8, 4) is 0 Å². The Hall–Kier alpha value is -1.13. The molecule has 1 saturated carbocycles. The summed E-state index contributed by atoms with van der Waals surface area (Å²) in [7, 11) is 1.85. The molecule has 1 saturated heterocycles. The first-order valence-corrected chi connectivity index (χ1v) is 9.29. The highest BCUT2D eigenvalue weighted by atomic mass is 16.5. The fraction of sp³-hybridized carbons (Fsp3) is 0.737. The van der Waals surface area contributed by atoms with Crippen LogP contribution in [0.3, 0.4) is 0 Å². The second kappa shape index (κ2) is 6.40. The molecule has 2 fully saturated rings. The van der Waals surface area contributed by atoms with Crippen molar-refractivity contribution >= 4 is 5.82 Å². The smallest absolute Gasteiger partial charge is 0.132 e. The first kappa shape index (κ1) is 15.4. The van der Waals surface area contributed by atoms with Crippen LogP contribution in [0, 0.1) is 5.92 Å². The summed E-state index contributed by atoms with van der Waals surface area (Å²) in [5, 5.41) is 3.55. The third kappa shape index (κ3) is 2.76. The number of anilines is 1. The van der Waals surface area contributed by atoms with E-state index in [2.05, 4.69) is 29.3 Å². The van der Waals surface area contributed by atoms with Crippen LogP contribution in [0.15, 0.2) is 12.1 Å². The molecule has 1 aliphatic carbocycles. The van der Waals surface area contributed by atoms with Gasteiger partial charge in [0.2, 0.25) is 0 Å². The molecule has 1 aromatic rings. The van der Waals surface area contributed by atoms with E-state index in [0.717, 1.165) is 25.2 Å². The third-order valence-electron chi connectivity index (χ3n) is 5.99. The van der Waals surface area contributed by atoms with Crippen LogP contribution in [0.1, 0.15) is 56.4 Å². The van der Waals surface area contributed by atoms with Gasteiger partial charge >= 0.3 is 0 Å². The Bertz CT molecular complexity index is 556. The Morgan fingerprint density at radius 1 is 1.22 bits per heavy atom. The lowest BCUT2D eigenvalue weighted by Gasteiger charge is -2.38. The average molecular weight is 315 g/mol. The van der Waals surface area contributed by atoms with E-state index < -0.39 is 0 Å². The fourth-order valence-electron chi connectivity index (χ4n) is 4.85. The first-order chi connectivity index (χ1) is 11.3. The predicted molar refractivity (Wildman–Crippen MR) is 92.9 cm³/mol. The van der Waals surface area contributed by atoms with Crippen LogP contribution in [-0.2, 0) is 11.2 Å². The first-order valence-electron chi connectivity index (χ1n) is 9.29. The molecule has 4 nitrogen and oxygen atoms in total. The fourth-order valence-corrected chi connectivity index (χ4v) is 4.85. The van der Waals surface area contributed by atoms with E-state index in [-0.39, 0.29) is 6.10 Å². The summed E-state index contributed by atoms with van der Waals surface area (Å²) in [6, 6.07) is 5.62. The van der Waals surface area contributed by atoms with Gasteiger partial charge in [-0.05, 0) is 43.7 Å². The van der Waals surface area contributed by atoms with Crippen LogP contribution < -0.4 is 10.2 Å². The van der Waals surface area contributed by atoms with E-state index in [1.165, 1.54) is 43.5 Å². The molecule has 2 aliphatic heterocycles. The molecule has 3 aliphatic rings. The summed E-state index contributed by atoms with van der Waals surface area (Å²) < 4.78 is 5.91. The minimum atomic E-state index is 0.165. The van der Waals surface area contributed by atoms with Gasteiger partial charge in [0, 0.05) is 32.3 Å². The van der Waals surface area contributed by atoms with Crippen molar-refractivity contribution in [2.45, 2.75) is 63.6 Å². The summed E-state index contributed by atoms with van der Waals surface area (Å²) in [6.07, 6.45) is 7.91. The number of hydrogen-bond acceptors (Lipinski definition) is 4. The summed E-state index contributed by atoms with van der Waals surface area (Å²) in [4.78, 5) is 7.65. The van der Waals surface area contributed by atoms with Crippen molar-refractivity contribution < 1.29 is 4.74 Å². The van der Waals surface area contributed by atoms with Crippen molar-refractivity contribution in [1.82, 2.24) is 10.3 Å². The Kier molecular flexibility index (Phi) is 4.29. The third-order valence-corrected chi connectivity index (χ3v) is 5.99. The maximum atomic E-state index is 5.91. The Labute approximate surface area is 139 Å². The minimum Gasteiger partial charge on any atom is -0.375 e. The Balaban J connectivity index is 1.62. The van der Waals surface area contributed by atoms with Crippen LogP contribution in [0.4, 0.5) is 5.82 Å². The van der Waals surface area contributed by atoms with Gasteiger partial charge < -0.3 is 15.0 Å². The monoisotopic (exact) mass is 315 g/mol. The van der Waals surface area contributed by atoms with E-state index in [0.29, 0.717) is 18.0 Å². The van der Waals surface area contributed by atoms with Gasteiger partial charge in [0.25, 0.3) is 0 Å². The zero-order valence-corrected chi connectivity index (χ0v) is 14.4. The summed E-state index contributed by atoms with van der Waals surface area (Å²) >= 11 is 0. The maximum Gasteiger partial charge on any atom is 0.132 e. The summed E-state index contributed by atoms with van der Waals surface area (Å²) in [5.41, 5.74) is 2.55. The number of ether oxygens (including phenoxy) is 1. The number of nitrogens with zero attached hydrogens (tertiary/aromatic N) is 2. The van der Waals surface area contributed by atoms with Crippen LogP contribution in [0.2, 0.25) is 0 Å². The number of fused-ring (bicyclic) bond motifs is 3. The SMILES string of the molecule is COC(c1ccc2c(n1)N1[C@@H](CNC[C@H]1C)C2)C1CCCCC1. The molecule has 4 heteroatoms. The van der Waals surface area contributed by atoms with Gasteiger partial charge in [-0.15, -0.1) is 0 Å². The summed E-state index contributed by atoms with van der Waals surface area (Å²) in [6.45, 7) is 4.43. The topological polar surface area (TPSA) is 37.4 Å². The molecule has 0 spiro atoms. The lowest BCUT2D eigenvalue weighted by Crippen LogP contribution is -2.55. The lowest BCUT2D eigenvalue weighted by molar-refractivity contribution is 0.0323. The Morgan fingerprint density at radius 3 is 2.83 bits per heavy atom. The average Bonchev–Trinajstić information content (AvgIpc) is 2.96. The highest BCUT2D eigenvalue weighted by Gasteiger charge is 2.37. The Morgan fingerprint density at radius 2 is 2.04 bits per heavy atom. The largest absolute Gasteiger partial charge is 0.375 e. The van der Waals surface area contributed by atoms with Crippen molar-refractivity contribution in [2.24, 2.45) is 5.92 Å². The molecule has 1 unspecified atom stereocenters. The zero-order valence-electron chi connectivity index (χ0n) is 14.4. The number of hydrogen-bond donors (Lipinski definition) is 1. The van der Waals surface area contributed by atoms with Gasteiger partial charge in [0.15, 0.2) is 0 Å². The molecule has 0 aromatic carbocycles. The van der Waals surface area contributed by atoms with Crippen molar-refractivity contribution in [3.05, 3.63) is 23.4 Å². The van der Waals surface area contributed by atoms with E-state index >= 15 is 0 Å². The normalized spacial score (nSPS) is 29.2. The van der Waals surface area contributed by atoms with Crippen molar-refractivity contribution in [3.63, 3.8) is 0 Å². The standard InChI is InChI=1S/C19H29N3O/c1-13-11-20-12-16-10-15-8-9-17(21-19(15)22(13)16)18(23-2)14-6-4-3-5-7-14/h8-9,13-14,16,18,20H,3-7,10-12H2,1-2H3/t13-,16-,18?/m1/s1. The molecular formula is C19H29N3O. The van der Waals surface area contributed by atoms with Gasteiger partial charge in [0.05, 0.1) is 5.69 Å². The number of aromatic nitrogens is 1. The van der Waals surface area contributed by atoms with Crippen LogP contribution in [0.5, 0.6) is 0 Å². The van der Waals surface area contributed by atoms with Crippen LogP contribution in [-0.4, -0.2) is 37.3 Å². The van der Waals surface area contributed by atoms with E-state index in [1.807, 2.05) is 7.11 Å². The van der Waals surface area contributed by atoms with Crippen LogP contribution >= 0.6 is 0 Å². The van der Waals surface area contributed by atoms with E-state index in [1.54, 1.807) is 0 Å². The molecule has 1 N–H and O–H groups in total. The molecule has 1 aromatic heterocycles. The molecule has 0 radical (unpaired) electrons.